The lowest BCUT2D eigenvalue weighted by atomic mass is 10.1. The van der Waals surface area contributed by atoms with Gasteiger partial charge in [0.25, 0.3) is 5.91 Å². The Bertz CT molecular complexity index is 861. The van der Waals surface area contributed by atoms with Crippen molar-refractivity contribution >= 4 is 23.6 Å². The maximum absolute atomic E-state index is 12.1. The van der Waals surface area contributed by atoms with Crippen LogP contribution in [0.2, 0.25) is 0 Å². The van der Waals surface area contributed by atoms with Crippen molar-refractivity contribution in [2.24, 2.45) is 0 Å². The first-order chi connectivity index (χ1) is 13.5. The molecule has 0 radical (unpaired) electrons. The van der Waals surface area contributed by atoms with E-state index in [0.29, 0.717) is 24.3 Å². The molecule has 0 spiro atoms. The summed E-state index contributed by atoms with van der Waals surface area (Å²) in [4.78, 5) is 48.9. The molecular weight excluding hydrogens is 364 g/mol. The molecule has 0 atom stereocenters. The summed E-state index contributed by atoms with van der Waals surface area (Å²) in [6, 6.07) is 10.00. The van der Waals surface area contributed by atoms with Crippen LogP contribution in [0.3, 0.4) is 0 Å². The van der Waals surface area contributed by atoms with Crippen molar-refractivity contribution < 1.29 is 23.6 Å². The number of hydrazine groups is 1. The lowest BCUT2D eigenvalue weighted by molar-refractivity contribution is -0.139. The zero-order chi connectivity index (χ0) is 19.9. The molecular formula is C19H20N4O5. The molecule has 1 fully saturated rings. The molecule has 3 rings (SSSR count). The average molecular weight is 384 g/mol. The summed E-state index contributed by atoms with van der Waals surface area (Å²) in [7, 11) is 0. The van der Waals surface area contributed by atoms with E-state index in [-0.39, 0.29) is 12.5 Å². The summed E-state index contributed by atoms with van der Waals surface area (Å²) in [6.45, 7) is 1.32. The fourth-order valence-corrected chi connectivity index (χ4v) is 2.76. The Hall–Kier alpha value is -3.62. The fraction of sp³-hybridized carbons (Fsp3) is 0.263. The Kier molecular flexibility index (Phi) is 6.05. The zero-order valence-corrected chi connectivity index (χ0v) is 15.1. The molecule has 28 heavy (non-hydrogen) atoms. The van der Waals surface area contributed by atoms with Gasteiger partial charge in [-0.3, -0.25) is 30.0 Å². The zero-order valence-electron chi connectivity index (χ0n) is 15.1. The molecule has 9 heteroatoms. The Morgan fingerprint density at radius 2 is 1.82 bits per heavy atom. The van der Waals surface area contributed by atoms with Crippen LogP contribution in [0.15, 0.2) is 47.1 Å². The molecule has 1 aliphatic rings. The van der Waals surface area contributed by atoms with Crippen LogP contribution in [0.5, 0.6) is 0 Å². The maximum atomic E-state index is 12.1. The van der Waals surface area contributed by atoms with E-state index in [1.54, 1.807) is 41.3 Å². The van der Waals surface area contributed by atoms with Crippen LogP contribution in [0.25, 0.3) is 0 Å². The second-order valence-corrected chi connectivity index (χ2v) is 6.29. The molecule has 0 bridgehead atoms. The second kappa shape index (κ2) is 8.85. The van der Waals surface area contributed by atoms with Gasteiger partial charge in [0.2, 0.25) is 5.91 Å². The number of benzene rings is 1. The molecule has 0 saturated carbocycles. The monoisotopic (exact) mass is 384 g/mol. The summed E-state index contributed by atoms with van der Waals surface area (Å²) < 4.78 is 5.04. The first-order valence-electron chi connectivity index (χ1n) is 8.80. The third kappa shape index (κ3) is 4.97. The van der Waals surface area contributed by atoms with E-state index in [1.165, 1.54) is 6.26 Å². The lowest BCUT2D eigenvalue weighted by Gasteiger charge is -2.15. The Morgan fingerprint density at radius 1 is 1.04 bits per heavy atom. The van der Waals surface area contributed by atoms with Gasteiger partial charge < -0.3 is 14.6 Å². The SMILES string of the molecule is O=C(NCc1ccco1)C(=O)NNC(=O)c1ccc(CN2CCCC2=O)cc1. The van der Waals surface area contributed by atoms with Crippen molar-refractivity contribution in [3.63, 3.8) is 0 Å². The molecule has 1 aliphatic heterocycles. The van der Waals surface area contributed by atoms with Gasteiger partial charge in [-0.1, -0.05) is 12.1 Å². The van der Waals surface area contributed by atoms with E-state index >= 15 is 0 Å². The van der Waals surface area contributed by atoms with E-state index < -0.39 is 17.7 Å². The molecule has 2 heterocycles. The standard InChI is InChI=1S/C19H20N4O5/c24-16-4-1-9-23(16)12-13-5-7-14(8-6-13)17(25)21-22-19(27)18(26)20-11-15-3-2-10-28-15/h2-3,5-8,10H,1,4,9,11-12H2,(H,20,26)(H,21,25)(H,22,27). The van der Waals surface area contributed by atoms with Gasteiger partial charge in [0.15, 0.2) is 0 Å². The lowest BCUT2D eigenvalue weighted by Crippen LogP contribution is -2.48. The molecule has 1 aromatic heterocycles. The van der Waals surface area contributed by atoms with E-state index in [1.807, 2.05) is 0 Å². The number of rotatable bonds is 5. The van der Waals surface area contributed by atoms with Crippen LogP contribution in [-0.4, -0.2) is 35.1 Å². The normalized spacial score (nSPS) is 13.3. The van der Waals surface area contributed by atoms with Gasteiger partial charge in [-0.15, -0.1) is 0 Å². The maximum Gasteiger partial charge on any atom is 0.327 e. The fourth-order valence-electron chi connectivity index (χ4n) is 2.76. The van der Waals surface area contributed by atoms with Gasteiger partial charge in [0, 0.05) is 25.1 Å². The highest BCUT2D eigenvalue weighted by Gasteiger charge is 2.20. The minimum atomic E-state index is -0.996. The largest absolute Gasteiger partial charge is 0.467 e. The van der Waals surface area contributed by atoms with E-state index in [2.05, 4.69) is 16.2 Å². The topological polar surface area (TPSA) is 121 Å². The number of hydrogen-bond donors (Lipinski definition) is 3. The van der Waals surface area contributed by atoms with Crippen molar-refractivity contribution in [1.29, 1.82) is 0 Å². The highest BCUT2D eigenvalue weighted by molar-refractivity contribution is 6.35. The molecule has 3 N–H and O–H groups in total. The number of nitrogens with zero attached hydrogens (tertiary/aromatic N) is 1. The summed E-state index contributed by atoms with van der Waals surface area (Å²) in [5.41, 5.74) is 5.46. The van der Waals surface area contributed by atoms with Gasteiger partial charge in [-0.25, -0.2) is 0 Å². The Balaban J connectivity index is 1.44. The van der Waals surface area contributed by atoms with Crippen LogP contribution >= 0.6 is 0 Å². The molecule has 4 amide bonds. The molecule has 0 aliphatic carbocycles. The first-order valence-corrected chi connectivity index (χ1v) is 8.80. The third-order valence-electron chi connectivity index (χ3n) is 4.26. The highest BCUT2D eigenvalue weighted by Crippen LogP contribution is 2.14. The van der Waals surface area contributed by atoms with Crippen LogP contribution in [0.4, 0.5) is 0 Å². The summed E-state index contributed by atoms with van der Waals surface area (Å²) in [5.74, 6) is -1.82. The molecule has 1 saturated heterocycles. The van der Waals surface area contributed by atoms with Gasteiger partial charge in [0.1, 0.15) is 5.76 Å². The first kappa shape index (κ1) is 19.2. The van der Waals surface area contributed by atoms with Crippen molar-refractivity contribution in [2.75, 3.05) is 6.54 Å². The number of likely N-dealkylation sites (tertiary alicyclic amines) is 1. The summed E-state index contributed by atoms with van der Waals surface area (Å²) >= 11 is 0. The number of carbonyl (C=O) groups excluding carboxylic acids is 4. The summed E-state index contributed by atoms with van der Waals surface area (Å²) in [5, 5.41) is 2.37. The number of hydrogen-bond acceptors (Lipinski definition) is 5. The number of amides is 4. The number of furan rings is 1. The molecule has 2 aromatic rings. The van der Waals surface area contributed by atoms with E-state index in [9.17, 15) is 19.2 Å². The molecule has 1 aromatic carbocycles. The highest BCUT2D eigenvalue weighted by atomic mass is 16.3. The smallest absolute Gasteiger partial charge is 0.327 e. The average Bonchev–Trinajstić information content (AvgIpc) is 3.36. The quantitative estimate of drug-likeness (QED) is 0.511. The minimum Gasteiger partial charge on any atom is -0.467 e. The van der Waals surface area contributed by atoms with Crippen molar-refractivity contribution in [3.8, 4) is 0 Å². The predicted molar refractivity (Wildman–Crippen MR) is 97.3 cm³/mol. The predicted octanol–water partition coefficient (Wildman–Crippen LogP) is 0.479. The van der Waals surface area contributed by atoms with Crippen LogP contribution in [0, 0.1) is 0 Å². The second-order valence-electron chi connectivity index (χ2n) is 6.29. The number of carbonyl (C=O) groups is 4. The van der Waals surface area contributed by atoms with Gasteiger partial charge in [-0.05, 0) is 36.2 Å². The molecule has 0 unspecified atom stereocenters. The Labute approximate surface area is 161 Å². The van der Waals surface area contributed by atoms with Crippen molar-refractivity contribution in [3.05, 3.63) is 59.5 Å². The van der Waals surface area contributed by atoms with Gasteiger partial charge in [-0.2, -0.15) is 0 Å². The van der Waals surface area contributed by atoms with Gasteiger partial charge in [0.05, 0.1) is 12.8 Å². The summed E-state index contributed by atoms with van der Waals surface area (Å²) in [6.07, 6.45) is 2.90. The van der Waals surface area contributed by atoms with E-state index in [4.69, 9.17) is 4.42 Å². The number of nitrogens with one attached hydrogen (secondary N) is 3. The minimum absolute atomic E-state index is 0.0637. The van der Waals surface area contributed by atoms with Crippen LogP contribution in [-0.2, 0) is 27.5 Å². The van der Waals surface area contributed by atoms with Gasteiger partial charge >= 0.3 is 11.8 Å². The van der Waals surface area contributed by atoms with Crippen LogP contribution < -0.4 is 16.2 Å². The molecule has 146 valence electrons. The third-order valence-corrected chi connectivity index (χ3v) is 4.26. The Morgan fingerprint density at radius 3 is 2.46 bits per heavy atom. The van der Waals surface area contributed by atoms with Crippen molar-refractivity contribution in [1.82, 2.24) is 21.1 Å². The molecule has 9 nitrogen and oxygen atoms in total. The van der Waals surface area contributed by atoms with Crippen molar-refractivity contribution in [2.45, 2.75) is 25.9 Å². The van der Waals surface area contributed by atoms with Crippen LogP contribution in [0.1, 0.15) is 34.5 Å². The van der Waals surface area contributed by atoms with E-state index in [0.717, 1.165) is 18.5 Å².